The highest BCUT2D eigenvalue weighted by Crippen LogP contribution is 2.27. The Bertz CT molecular complexity index is 733. The molecule has 126 valence electrons. The summed E-state index contributed by atoms with van der Waals surface area (Å²) in [6.07, 6.45) is 10.1. The number of aromatic hydroxyl groups is 1. The highest BCUT2D eigenvalue weighted by molar-refractivity contribution is 6.11. The van der Waals surface area contributed by atoms with Crippen LogP contribution >= 0.6 is 0 Å². The average Bonchev–Trinajstić information content (AvgIpc) is 2.60. The molecule has 0 fully saturated rings. The predicted octanol–water partition coefficient (Wildman–Crippen LogP) is 3.61. The number of rotatable bonds is 5. The number of carbonyl (C=O) groups excluding carboxylic acids is 1. The van der Waals surface area contributed by atoms with Crippen LogP contribution in [-0.4, -0.2) is 23.8 Å². The zero-order valence-electron chi connectivity index (χ0n) is 13.8. The smallest absolute Gasteiger partial charge is 0.224 e. The summed E-state index contributed by atoms with van der Waals surface area (Å²) in [6, 6.07) is 3.29. The topological polar surface area (TPSA) is 61.7 Å². The summed E-state index contributed by atoms with van der Waals surface area (Å²) in [4.78, 5) is 16.4. The molecule has 24 heavy (non-hydrogen) atoms. The molecule has 0 radical (unpaired) electrons. The number of amides is 1. The van der Waals surface area contributed by atoms with E-state index in [9.17, 15) is 14.3 Å². The van der Waals surface area contributed by atoms with Gasteiger partial charge in [0.1, 0.15) is 11.6 Å². The van der Waals surface area contributed by atoms with Crippen molar-refractivity contribution in [1.29, 1.82) is 0 Å². The van der Waals surface area contributed by atoms with Gasteiger partial charge in [-0.2, -0.15) is 0 Å². The zero-order valence-corrected chi connectivity index (χ0v) is 13.8. The van der Waals surface area contributed by atoms with Crippen molar-refractivity contribution in [2.45, 2.75) is 25.8 Å². The van der Waals surface area contributed by atoms with Gasteiger partial charge in [-0.1, -0.05) is 31.2 Å². The van der Waals surface area contributed by atoms with Gasteiger partial charge in [0.15, 0.2) is 0 Å². The third-order valence-corrected chi connectivity index (χ3v) is 3.79. The Hall–Kier alpha value is -2.69. The van der Waals surface area contributed by atoms with Crippen molar-refractivity contribution in [3.8, 4) is 5.75 Å². The van der Waals surface area contributed by atoms with Gasteiger partial charge in [0.2, 0.25) is 5.91 Å². The number of halogens is 1. The number of allylic oxidation sites excluding steroid dienone is 5. The minimum atomic E-state index is -0.444. The third-order valence-electron chi connectivity index (χ3n) is 3.79. The SMILES string of the molecule is CCC(NC(=O)C/C=C1/C=CC=CC1=NC)c1cc(F)ccc1O. The van der Waals surface area contributed by atoms with E-state index in [2.05, 4.69) is 10.3 Å². The van der Waals surface area contributed by atoms with Crippen LogP contribution < -0.4 is 5.32 Å². The molecular weight excluding hydrogens is 307 g/mol. The lowest BCUT2D eigenvalue weighted by molar-refractivity contribution is -0.121. The highest BCUT2D eigenvalue weighted by atomic mass is 19.1. The third kappa shape index (κ3) is 4.41. The second-order valence-corrected chi connectivity index (χ2v) is 5.42. The van der Waals surface area contributed by atoms with Crippen LogP contribution in [0.15, 0.2) is 59.1 Å². The molecule has 0 heterocycles. The standard InChI is InChI=1S/C19H21FN2O2/c1-3-16(15-12-14(20)9-10-18(15)23)22-19(24)11-8-13-6-4-5-7-17(13)21-2/h4-10,12,16,23H,3,11H2,1-2H3,(H,22,24)/b13-8-,21-17?. The van der Waals surface area contributed by atoms with Crippen molar-refractivity contribution < 1.29 is 14.3 Å². The first-order chi connectivity index (χ1) is 11.5. The molecule has 2 rings (SSSR count). The van der Waals surface area contributed by atoms with Gasteiger partial charge in [0.05, 0.1) is 11.8 Å². The van der Waals surface area contributed by atoms with Gasteiger partial charge >= 0.3 is 0 Å². The second kappa shape index (κ2) is 8.24. The maximum Gasteiger partial charge on any atom is 0.224 e. The van der Waals surface area contributed by atoms with E-state index in [0.717, 1.165) is 11.3 Å². The van der Waals surface area contributed by atoms with E-state index in [0.29, 0.717) is 12.0 Å². The number of phenols is 1. The molecule has 5 heteroatoms. The summed E-state index contributed by atoms with van der Waals surface area (Å²) in [5.41, 5.74) is 2.09. The van der Waals surface area contributed by atoms with Crippen molar-refractivity contribution in [3.05, 3.63) is 65.5 Å². The summed E-state index contributed by atoms with van der Waals surface area (Å²) < 4.78 is 13.4. The van der Waals surface area contributed by atoms with E-state index in [1.165, 1.54) is 18.2 Å². The quantitative estimate of drug-likeness (QED) is 0.867. The highest BCUT2D eigenvalue weighted by Gasteiger charge is 2.16. The minimum Gasteiger partial charge on any atom is -0.508 e. The Labute approximate surface area is 141 Å². The van der Waals surface area contributed by atoms with E-state index in [-0.39, 0.29) is 18.1 Å². The maximum absolute atomic E-state index is 13.4. The average molecular weight is 328 g/mol. The number of hydrogen-bond donors (Lipinski definition) is 2. The number of aliphatic imine (C=N–C) groups is 1. The number of nitrogens with zero attached hydrogens (tertiary/aromatic N) is 1. The Morgan fingerprint density at radius 1 is 1.38 bits per heavy atom. The van der Waals surface area contributed by atoms with E-state index in [1.54, 1.807) is 13.1 Å². The Morgan fingerprint density at radius 2 is 2.12 bits per heavy atom. The van der Waals surface area contributed by atoms with Crippen molar-refractivity contribution in [1.82, 2.24) is 5.32 Å². The summed E-state index contributed by atoms with van der Waals surface area (Å²) >= 11 is 0. The van der Waals surface area contributed by atoms with Crippen molar-refractivity contribution in [2.24, 2.45) is 4.99 Å². The number of phenolic OH excluding ortho intramolecular Hbond substituents is 1. The predicted molar refractivity (Wildman–Crippen MR) is 93.6 cm³/mol. The summed E-state index contributed by atoms with van der Waals surface area (Å²) in [5, 5.41) is 12.7. The van der Waals surface area contributed by atoms with E-state index >= 15 is 0 Å². The van der Waals surface area contributed by atoms with Gasteiger partial charge in [-0.25, -0.2) is 4.39 Å². The molecule has 0 aliphatic heterocycles. The molecule has 0 saturated heterocycles. The molecule has 0 bridgehead atoms. The fourth-order valence-corrected chi connectivity index (χ4v) is 2.52. The number of carbonyl (C=O) groups is 1. The summed E-state index contributed by atoms with van der Waals surface area (Å²) in [5.74, 6) is -0.667. The lowest BCUT2D eigenvalue weighted by Crippen LogP contribution is -2.27. The van der Waals surface area contributed by atoms with Crippen LogP contribution in [0.25, 0.3) is 0 Å². The molecule has 1 aromatic carbocycles. The summed E-state index contributed by atoms with van der Waals surface area (Å²) in [6.45, 7) is 1.87. The van der Waals surface area contributed by atoms with Crippen molar-refractivity contribution in [2.75, 3.05) is 7.05 Å². The number of nitrogens with one attached hydrogen (secondary N) is 1. The van der Waals surface area contributed by atoms with Gasteiger partial charge in [-0.3, -0.25) is 9.79 Å². The molecule has 1 aliphatic carbocycles. The zero-order chi connectivity index (χ0) is 17.5. The van der Waals surface area contributed by atoms with E-state index in [4.69, 9.17) is 0 Å². The fourth-order valence-electron chi connectivity index (χ4n) is 2.52. The van der Waals surface area contributed by atoms with Crippen LogP contribution in [0.4, 0.5) is 4.39 Å². The van der Waals surface area contributed by atoms with Crippen LogP contribution in [0.2, 0.25) is 0 Å². The van der Waals surface area contributed by atoms with Crippen LogP contribution in [0, 0.1) is 5.82 Å². The molecule has 0 saturated carbocycles. The van der Waals surface area contributed by atoms with Gasteiger partial charge in [-0.05, 0) is 36.3 Å². The molecule has 0 aromatic heterocycles. The van der Waals surface area contributed by atoms with E-state index in [1.807, 2.05) is 31.2 Å². The number of benzene rings is 1. The Balaban J connectivity index is 2.06. The minimum absolute atomic E-state index is 0.0253. The molecule has 0 spiro atoms. The Morgan fingerprint density at radius 3 is 2.83 bits per heavy atom. The molecule has 1 unspecified atom stereocenters. The molecule has 1 amide bonds. The molecule has 4 nitrogen and oxygen atoms in total. The molecular formula is C19H21FN2O2. The second-order valence-electron chi connectivity index (χ2n) is 5.42. The first kappa shape index (κ1) is 17.7. The van der Waals surface area contributed by atoms with Crippen molar-refractivity contribution in [3.63, 3.8) is 0 Å². The van der Waals surface area contributed by atoms with Crippen LogP contribution in [0.3, 0.4) is 0 Å². The number of hydrogen-bond acceptors (Lipinski definition) is 3. The fraction of sp³-hybridized carbons (Fsp3) is 0.263. The first-order valence-corrected chi connectivity index (χ1v) is 7.85. The maximum atomic E-state index is 13.4. The molecule has 1 atom stereocenters. The van der Waals surface area contributed by atoms with Crippen LogP contribution in [0.1, 0.15) is 31.4 Å². The van der Waals surface area contributed by atoms with Gasteiger partial charge in [0.25, 0.3) is 0 Å². The Kier molecular flexibility index (Phi) is 6.07. The lowest BCUT2D eigenvalue weighted by Gasteiger charge is -2.18. The molecule has 1 aliphatic rings. The van der Waals surface area contributed by atoms with Crippen LogP contribution in [0.5, 0.6) is 5.75 Å². The van der Waals surface area contributed by atoms with Crippen LogP contribution in [-0.2, 0) is 4.79 Å². The summed E-state index contributed by atoms with van der Waals surface area (Å²) in [7, 11) is 1.70. The van der Waals surface area contributed by atoms with Gasteiger partial charge < -0.3 is 10.4 Å². The van der Waals surface area contributed by atoms with Gasteiger partial charge in [-0.15, -0.1) is 0 Å². The normalized spacial score (nSPS) is 18.1. The largest absolute Gasteiger partial charge is 0.508 e. The lowest BCUT2D eigenvalue weighted by atomic mass is 10.0. The molecule has 2 N–H and O–H groups in total. The van der Waals surface area contributed by atoms with Gasteiger partial charge in [0, 0.05) is 19.0 Å². The van der Waals surface area contributed by atoms with E-state index < -0.39 is 11.9 Å². The molecule has 1 aromatic rings. The van der Waals surface area contributed by atoms with Crippen molar-refractivity contribution >= 4 is 11.6 Å². The monoisotopic (exact) mass is 328 g/mol. The first-order valence-electron chi connectivity index (χ1n) is 7.85.